The van der Waals surface area contributed by atoms with Crippen LogP contribution in [0.3, 0.4) is 0 Å². The molecule has 1 amide bonds. The Hall–Kier alpha value is -2.15. The Bertz CT molecular complexity index is 676. The van der Waals surface area contributed by atoms with Crippen LogP contribution >= 0.6 is 0 Å². The summed E-state index contributed by atoms with van der Waals surface area (Å²) in [6.07, 6.45) is 7.49. The van der Waals surface area contributed by atoms with Gasteiger partial charge in [-0.25, -0.2) is 0 Å². The molecule has 2 aromatic rings. The molecule has 7 heteroatoms. The number of nitrogens with one attached hydrogen (secondary N) is 1. The fourth-order valence-corrected chi connectivity index (χ4v) is 3.19. The molecule has 0 bridgehead atoms. The van der Waals surface area contributed by atoms with E-state index in [0.717, 1.165) is 63.4 Å². The zero-order valence-corrected chi connectivity index (χ0v) is 14.5. The molecule has 130 valence electrons. The van der Waals surface area contributed by atoms with Gasteiger partial charge in [-0.15, -0.1) is 0 Å². The summed E-state index contributed by atoms with van der Waals surface area (Å²) in [6.45, 7) is 9.38. The maximum absolute atomic E-state index is 12.7. The lowest BCUT2D eigenvalue weighted by Crippen LogP contribution is -2.35. The highest BCUT2D eigenvalue weighted by Gasteiger charge is 2.23. The van der Waals surface area contributed by atoms with Crippen LogP contribution in [0, 0.1) is 0 Å². The second-order valence-electron chi connectivity index (χ2n) is 6.24. The fourth-order valence-electron chi connectivity index (χ4n) is 3.19. The first-order valence-electron chi connectivity index (χ1n) is 8.76. The highest BCUT2D eigenvalue weighted by molar-refractivity contribution is 5.95. The molecule has 0 aliphatic carbocycles. The van der Waals surface area contributed by atoms with E-state index < -0.39 is 0 Å². The van der Waals surface area contributed by atoms with Gasteiger partial charge in [0, 0.05) is 56.7 Å². The normalized spacial score (nSPS) is 16.3. The van der Waals surface area contributed by atoms with Gasteiger partial charge >= 0.3 is 0 Å². The Morgan fingerprint density at radius 1 is 1.21 bits per heavy atom. The Morgan fingerprint density at radius 3 is 2.83 bits per heavy atom. The first kappa shape index (κ1) is 16.7. The van der Waals surface area contributed by atoms with Crippen molar-refractivity contribution in [3.8, 4) is 0 Å². The van der Waals surface area contributed by atoms with Crippen LogP contribution in [0.25, 0.3) is 0 Å². The van der Waals surface area contributed by atoms with Gasteiger partial charge in [-0.1, -0.05) is 6.92 Å². The summed E-state index contributed by atoms with van der Waals surface area (Å²) in [5.41, 5.74) is 2.88. The average Bonchev–Trinajstić information content (AvgIpc) is 3.19. The van der Waals surface area contributed by atoms with E-state index in [1.807, 2.05) is 22.7 Å². The molecular weight excluding hydrogens is 304 g/mol. The number of H-pyrrole nitrogens is 1. The van der Waals surface area contributed by atoms with E-state index in [1.54, 1.807) is 6.20 Å². The summed E-state index contributed by atoms with van der Waals surface area (Å²) in [4.78, 5) is 17.1. The summed E-state index contributed by atoms with van der Waals surface area (Å²) in [5, 5.41) is 11.3. The van der Waals surface area contributed by atoms with E-state index in [9.17, 15) is 4.79 Å². The van der Waals surface area contributed by atoms with Crippen LogP contribution in [0.5, 0.6) is 0 Å². The molecule has 0 radical (unpaired) electrons. The number of nitrogens with zero attached hydrogens (tertiary/aromatic N) is 5. The van der Waals surface area contributed by atoms with Crippen LogP contribution < -0.4 is 0 Å². The van der Waals surface area contributed by atoms with Crippen LogP contribution in [0.1, 0.15) is 41.9 Å². The molecular formula is C17H26N6O. The number of rotatable bonds is 5. The minimum Gasteiger partial charge on any atom is -0.337 e. The molecule has 1 aliphatic heterocycles. The van der Waals surface area contributed by atoms with Crippen molar-refractivity contribution in [2.75, 3.05) is 26.2 Å². The van der Waals surface area contributed by atoms with Crippen molar-refractivity contribution in [2.45, 2.75) is 39.8 Å². The van der Waals surface area contributed by atoms with Crippen molar-refractivity contribution in [1.29, 1.82) is 0 Å². The van der Waals surface area contributed by atoms with Crippen molar-refractivity contribution in [1.82, 2.24) is 29.8 Å². The first-order valence-corrected chi connectivity index (χ1v) is 8.76. The van der Waals surface area contributed by atoms with Crippen LogP contribution in [0.15, 0.2) is 18.6 Å². The van der Waals surface area contributed by atoms with Gasteiger partial charge in [-0.05, 0) is 19.8 Å². The van der Waals surface area contributed by atoms with Gasteiger partial charge in [0.15, 0.2) is 0 Å². The molecule has 1 fully saturated rings. The molecule has 1 saturated heterocycles. The number of amides is 1. The number of hydrogen-bond donors (Lipinski definition) is 1. The number of aryl methyl sites for hydroxylation is 2. The van der Waals surface area contributed by atoms with Crippen LogP contribution in [0.4, 0.5) is 0 Å². The second-order valence-corrected chi connectivity index (χ2v) is 6.24. The number of aromatic amines is 1. The monoisotopic (exact) mass is 330 g/mol. The summed E-state index contributed by atoms with van der Waals surface area (Å²) in [5.74, 6) is 0.0984. The molecule has 0 unspecified atom stereocenters. The molecule has 0 atom stereocenters. The highest BCUT2D eigenvalue weighted by atomic mass is 16.2. The smallest absolute Gasteiger partial charge is 0.257 e. The molecule has 24 heavy (non-hydrogen) atoms. The predicted octanol–water partition coefficient (Wildman–Crippen LogP) is 1.54. The van der Waals surface area contributed by atoms with E-state index in [2.05, 4.69) is 33.3 Å². The van der Waals surface area contributed by atoms with Gasteiger partial charge in [0.2, 0.25) is 0 Å². The van der Waals surface area contributed by atoms with Crippen LogP contribution in [0.2, 0.25) is 0 Å². The lowest BCUT2D eigenvalue weighted by atomic mass is 10.2. The summed E-state index contributed by atoms with van der Waals surface area (Å²) in [7, 11) is 0. The Kier molecular flexibility index (Phi) is 5.30. The predicted molar refractivity (Wildman–Crippen MR) is 91.7 cm³/mol. The molecule has 0 aromatic carbocycles. The van der Waals surface area contributed by atoms with Crippen molar-refractivity contribution >= 4 is 5.91 Å². The Balaban J connectivity index is 1.59. The standard InChI is InChI=1S/C17H26N6O/c1-3-16-15(11-18-20-16)17(24)22-7-5-6-21(8-9-22)12-14-10-19-23(4-2)13-14/h10-11,13H,3-9,12H2,1-2H3,(H,18,20). The highest BCUT2D eigenvalue weighted by Crippen LogP contribution is 2.13. The van der Waals surface area contributed by atoms with Crippen molar-refractivity contribution in [2.24, 2.45) is 0 Å². The molecule has 0 spiro atoms. The maximum Gasteiger partial charge on any atom is 0.257 e. The van der Waals surface area contributed by atoms with Crippen molar-refractivity contribution < 1.29 is 4.79 Å². The summed E-state index contributed by atoms with van der Waals surface area (Å²) in [6, 6.07) is 0. The van der Waals surface area contributed by atoms with Gasteiger partial charge in [0.25, 0.3) is 5.91 Å². The van der Waals surface area contributed by atoms with Crippen molar-refractivity contribution in [3.63, 3.8) is 0 Å². The second kappa shape index (κ2) is 7.61. The Morgan fingerprint density at radius 2 is 2.08 bits per heavy atom. The summed E-state index contributed by atoms with van der Waals surface area (Å²) < 4.78 is 1.95. The minimum atomic E-state index is 0.0984. The third-order valence-corrected chi connectivity index (χ3v) is 4.59. The van der Waals surface area contributed by atoms with Crippen LogP contribution in [-0.2, 0) is 19.5 Å². The molecule has 1 N–H and O–H groups in total. The van der Waals surface area contributed by atoms with Gasteiger partial charge < -0.3 is 4.90 Å². The van der Waals surface area contributed by atoms with Crippen LogP contribution in [-0.4, -0.2) is 61.9 Å². The third-order valence-electron chi connectivity index (χ3n) is 4.59. The summed E-state index contributed by atoms with van der Waals surface area (Å²) >= 11 is 0. The minimum absolute atomic E-state index is 0.0984. The molecule has 2 aromatic heterocycles. The first-order chi connectivity index (χ1) is 11.7. The maximum atomic E-state index is 12.7. The van der Waals surface area contributed by atoms with E-state index in [0.29, 0.717) is 0 Å². The van der Waals surface area contributed by atoms with E-state index >= 15 is 0 Å². The molecule has 1 aliphatic rings. The average molecular weight is 330 g/mol. The number of carbonyl (C=O) groups is 1. The molecule has 3 rings (SSSR count). The lowest BCUT2D eigenvalue weighted by molar-refractivity contribution is 0.0760. The van der Waals surface area contributed by atoms with Gasteiger partial charge in [-0.3, -0.25) is 19.5 Å². The van der Waals surface area contributed by atoms with Gasteiger partial charge in [0.05, 0.1) is 18.0 Å². The SMILES string of the molecule is CCc1[nH]ncc1C(=O)N1CCCN(Cc2cnn(CC)c2)CC1. The quantitative estimate of drug-likeness (QED) is 0.903. The van der Waals surface area contributed by atoms with E-state index in [-0.39, 0.29) is 5.91 Å². The molecule has 7 nitrogen and oxygen atoms in total. The van der Waals surface area contributed by atoms with Gasteiger partial charge in [-0.2, -0.15) is 10.2 Å². The third kappa shape index (κ3) is 3.67. The lowest BCUT2D eigenvalue weighted by Gasteiger charge is -2.21. The number of carbonyl (C=O) groups excluding carboxylic acids is 1. The zero-order valence-electron chi connectivity index (χ0n) is 14.5. The number of hydrogen-bond acceptors (Lipinski definition) is 4. The largest absolute Gasteiger partial charge is 0.337 e. The van der Waals surface area contributed by atoms with E-state index in [1.165, 1.54) is 5.56 Å². The zero-order chi connectivity index (χ0) is 16.9. The fraction of sp³-hybridized carbons (Fsp3) is 0.588. The van der Waals surface area contributed by atoms with Gasteiger partial charge in [0.1, 0.15) is 0 Å². The Labute approximate surface area is 142 Å². The number of aromatic nitrogens is 4. The topological polar surface area (TPSA) is 70.1 Å². The molecule has 0 saturated carbocycles. The van der Waals surface area contributed by atoms with E-state index in [4.69, 9.17) is 0 Å². The van der Waals surface area contributed by atoms with Crippen molar-refractivity contribution in [3.05, 3.63) is 35.4 Å². The molecule has 3 heterocycles.